The lowest BCUT2D eigenvalue weighted by molar-refractivity contribution is -0.143. The Kier molecular flexibility index (Phi) is 4.64. The van der Waals surface area contributed by atoms with Gasteiger partial charge in [-0.2, -0.15) is 0 Å². The largest absolute Gasteiger partial charge is 0.497 e. The number of nitrogens with zero attached hydrogens (tertiary/aromatic N) is 1. The molecule has 7 heteroatoms. The normalized spacial score (nSPS) is 28.5. The molecular weight excluding hydrogens is 406 g/mol. The van der Waals surface area contributed by atoms with Crippen molar-refractivity contribution in [3.05, 3.63) is 59.2 Å². The third-order valence-corrected chi connectivity index (χ3v) is 7.20. The van der Waals surface area contributed by atoms with Crippen molar-refractivity contribution in [1.29, 1.82) is 0 Å². The van der Waals surface area contributed by atoms with Crippen LogP contribution in [0.3, 0.4) is 0 Å². The standard InChI is InChI=1S/C25H27N3O4/c1-13(2)20-18-19(25(27-20)17-7-5-6-14(3)21(17)26-24(25)31)23(30)28(22(18)29)12-15-8-10-16(32-4)11-9-15/h5-11,13,18-20,27H,12H2,1-4H3,(H,26,31)/t18-,19+,20-,25-/m0/s1. The van der Waals surface area contributed by atoms with Crippen molar-refractivity contribution < 1.29 is 19.1 Å². The predicted molar refractivity (Wildman–Crippen MR) is 119 cm³/mol. The first-order chi connectivity index (χ1) is 15.3. The molecule has 0 unspecified atom stereocenters. The van der Waals surface area contributed by atoms with Crippen molar-refractivity contribution in [2.45, 2.75) is 38.9 Å². The van der Waals surface area contributed by atoms with Gasteiger partial charge in [-0.05, 0) is 36.1 Å². The number of amides is 3. The molecule has 0 aromatic heterocycles. The molecule has 2 N–H and O–H groups in total. The van der Waals surface area contributed by atoms with Crippen LogP contribution < -0.4 is 15.4 Å². The van der Waals surface area contributed by atoms with Crippen LogP contribution in [0.15, 0.2) is 42.5 Å². The summed E-state index contributed by atoms with van der Waals surface area (Å²) in [6.07, 6.45) is 0. The molecule has 2 aromatic carbocycles. The van der Waals surface area contributed by atoms with Crippen molar-refractivity contribution in [3.8, 4) is 5.75 Å². The van der Waals surface area contributed by atoms with Crippen LogP contribution in [0.2, 0.25) is 0 Å². The van der Waals surface area contributed by atoms with Gasteiger partial charge < -0.3 is 10.1 Å². The third-order valence-electron chi connectivity index (χ3n) is 7.20. The topological polar surface area (TPSA) is 87.7 Å². The summed E-state index contributed by atoms with van der Waals surface area (Å²) in [5, 5.41) is 6.45. The molecule has 2 saturated heterocycles. The first-order valence-corrected chi connectivity index (χ1v) is 11.0. The molecule has 32 heavy (non-hydrogen) atoms. The lowest BCUT2D eigenvalue weighted by atomic mass is 9.75. The highest BCUT2D eigenvalue weighted by Crippen LogP contribution is 2.54. The summed E-state index contributed by atoms with van der Waals surface area (Å²) in [5.74, 6) is -1.35. The molecule has 2 fully saturated rings. The fraction of sp³-hybridized carbons (Fsp3) is 0.400. The number of anilines is 1. The average molecular weight is 434 g/mol. The number of methoxy groups -OCH3 is 1. The molecule has 3 aliphatic heterocycles. The number of hydrogen-bond donors (Lipinski definition) is 2. The molecule has 1 spiro atoms. The predicted octanol–water partition coefficient (Wildman–Crippen LogP) is 2.58. The van der Waals surface area contributed by atoms with Crippen molar-refractivity contribution in [2.24, 2.45) is 17.8 Å². The quantitative estimate of drug-likeness (QED) is 0.724. The second-order valence-corrected chi connectivity index (χ2v) is 9.29. The Bertz CT molecular complexity index is 1130. The number of carbonyl (C=O) groups excluding carboxylic acids is 3. The van der Waals surface area contributed by atoms with Gasteiger partial charge in [-0.1, -0.05) is 44.2 Å². The number of imide groups is 1. The Morgan fingerprint density at radius 1 is 1.06 bits per heavy atom. The summed E-state index contributed by atoms with van der Waals surface area (Å²) >= 11 is 0. The Morgan fingerprint density at radius 3 is 2.44 bits per heavy atom. The molecule has 3 amide bonds. The van der Waals surface area contributed by atoms with Crippen molar-refractivity contribution in [3.63, 3.8) is 0 Å². The van der Waals surface area contributed by atoms with E-state index in [1.54, 1.807) is 7.11 Å². The monoisotopic (exact) mass is 433 g/mol. The number of fused-ring (bicyclic) bond motifs is 4. The maximum absolute atomic E-state index is 13.8. The van der Waals surface area contributed by atoms with E-state index < -0.39 is 17.4 Å². The highest BCUT2D eigenvalue weighted by molar-refractivity contribution is 6.15. The Labute approximate surface area is 187 Å². The summed E-state index contributed by atoms with van der Waals surface area (Å²) < 4.78 is 5.20. The number of rotatable bonds is 4. The Hall–Kier alpha value is -3.19. The van der Waals surface area contributed by atoms with Crippen LogP contribution in [0.1, 0.15) is 30.5 Å². The van der Waals surface area contributed by atoms with E-state index in [4.69, 9.17) is 4.74 Å². The average Bonchev–Trinajstić information content (AvgIpc) is 3.36. The van der Waals surface area contributed by atoms with Crippen LogP contribution in [0, 0.1) is 24.7 Å². The van der Waals surface area contributed by atoms with Crippen LogP contribution in [-0.4, -0.2) is 35.8 Å². The van der Waals surface area contributed by atoms with E-state index in [-0.39, 0.29) is 36.2 Å². The number of aryl methyl sites for hydroxylation is 1. The molecule has 5 rings (SSSR count). The van der Waals surface area contributed by atoms with E-state index in [1.165, 1.54) is 4.90 Å². The molecule has 3 aliphatic rings. The summed E-state index contributed by atoms with van der Waals surface area (Å²) in [7, 11) is 1.59. The minimum absolute atomic E-state index is 0.0706. The van der Waals surface area contributed by atoms with Gasteiger partial charge >= 0.3 is 0 Å². The number of para-hydroxylation sites is 1. The van der Waals surface area contributed by atoms with Gasteiger partial charge in [0.25, 0.3) is 0 Å². The number of nitrogens with one attached hydrogen (secondary N) is 2. The zero-order valence-electron chi connectivity index (χ0n) is 18.6. The Morgan fingerprint density at radius 2 is 1.78 bits per heavy atom. The highest BCUT2D eigenvalue weighted by Gasteiger charge is 2.70. The van der Waals surface area contributed by atoms with Gasteiger partial charge in [-0.25, -0.2) is 0 Å². The zero-order valence-corrected chi connectivity index (χ0v) is 18.6. The van der Waals surface area contributed by atoms with Crippen molar-refractivity contribution >= 4 is 23.4 Å². The zero-order chi connectivity index (χ0) is 22.8. The number of ether oxygens (including phenoxy) is 1. The van der Waals surface area contributed by atoms with Crippen LogP contribution in [0.4, 0.5) is 5.69 Å². The molecule has 0 radical (unpaired) electrons. The van der Waals surface area contributed by atoms with Crippen LogP contribution in [-0.2, 0) is 26.5 Å². The van der Waals surface area contributed by atoms with Gasteiger partial charge in [-0.15, -0.1) is 0 Å². The van der Waals surface area contributed by atoms with Crippen LogP contribution >= 0.6 is 0 Å². The number of hydrogen-bond acceptors (Lipinski definition) is 5. The van der Waals surface area contributed by atoms with Crippen LogP contribution in [0.5, 0.6) is 5.75 Å². The maximum atomic E-state index is 13.8. The first-order valence-electron chi connectivity index (χ1n) is 11.0. The van der Waals surface area contributed by atoms with Crippen molar-refractivity contribution in [1.82, 2.24) is 10.2 Å². The van der Waals surface area contributed by atoms with E-state index in [1.807, 2.05) is 63.2 Å². The van der Waals surface area contributed by atoms with Gasteiger partial charge in [0.2, 0.25) is 17.7 Å². The van der Waals surface area contributed by atoms with Gasteiger partial charge in [-0.3, -0.25) is 24.6 Å². The Balaban J connectivity index is 1.58. The van der Waals surface area contributed by atoms with E-state index in [9.17, 15) is 14.4 Å². The van der Waals surface area contributed by atoms with Crippen LogP contribution in [0.25, 0.3) is 0 Å². The summed E-state index contributed by atoms with van der Waals surface area (Å²) in [5.41, 5.74) is 2.03. The molecule has 4 atom stereocenters. The maximum Gasteiger partial charge on any atom is 0.250 e. The van der Waals surface area contributed by atoms with Gasteiger partial charge in [0.1, 0.15) is 11.3 Å². The minimum Gasteiger partial charge on any atom is -0.497 e. The molecule has 166 valence electrons. The molecule has 0 aliphatic carbocycles. The summed E-state index contributed by atoms with van der Waals surface area (Å²) in [6, 6.07) is 12.7. The van der Waals surface area contributed by atoms with E-state index in [0.29, 0.717) is 5.75 Å². The van der Waals surface area contributed by atoms with Gasteiger partial charge in [0.15, 0.2) is 0 Å². The molecule has 0 bridgehead atoms. The smallest absolute Gasteiger partial charge is 0.250 e. The minimum atomic E-state index is -1.23. The molecule has 7 nitrogen and oxygen atoms in total. The third kappa shape index (κ3) is 2.67. The molecular formula is C25H27N3O4. The SMILES string of the molecule is COc1ccc(CN2C(=O)[C@@H]3[C@H](C(C)C)N[C@]4(C(=O)Nc5c(C)cccc54)[C@H]3C2=O)cc1. The lowest BCUT2D eigenvalue weighted by Gasteiger charge is -2.30. The number of likely N-dealkylation sites (tertiary alicyclic amines) is 1. The number of carbonyl (C=O) groups is 3. The molecule has 0 saturated carbocycles. The fourth-order valence-electron chi connectivity index (χ4n) is 5.61. The van der Waals surface area contributed by atoms with E-state index >= 15 is 0 Å². The second kappa shape index (κ2) is 7.17. The molecule has 3 heterocycles. The van der Waals surface area contributed by atoms with Crippen molar-refractivity contribution in [2.75, 3.05) is 12.4 Å². The first kappa shape index (κ1) is 20.7. The molecule has 2 aromatic rings. The lowest BCUT2D eigenvalue weighted by Crippen LogP contribution is -2.53. The highest BCUT2D eigenvalue weighted by atomic mass is 16.5. The van der Waals surface area contributed by atoms with E-state index in [0.717, 1.165) is 22.4 Å². The number of benzene rings is 2. The van der Waals surface area contributed by atoms with E-state index in [2.05, 4.69) is 10.6 Å². The van der Waals surface area contributed by atoms with Gasteiger partial charge in [0.05, 0.1) is 25.5 Å². The van der Waals surface area contributed by atoms with Gasteiger partial charge in [0, 0.05) is 17.3 Å². The fourth-order valence-corrected chi connectivity index (χ4v) is 5.61. The second-order valence-electron chi connectivity index (χ2n) is 9.29. The summed E-state index contributed by atoms with van der Waals surface area (Å²) in [6.45, 7) is 6.14. The summed E-state index contributed by atoms with van der Waals surface area (Å²) in [4.78, 5) is 42.1.